The van der Waals surface area contributed by atoms with E-state index < -0.39 is 21.0 Å². The Morgan fingerprint density at radius 2 is 1.86 bits per heavy atom. The number of nitrogens with zero attached hydrogens (tertiary/aromatic N) is 1. The molecule has 0 radical (unpaired) electrons. The number of nitrogens with one attached hydrogen (secondary N) is 1. The third-order valence-electron chi connectivity index (χ3n) is 4.07. The fourth-order valence-corrected chi connectivity index (χ4v) is 4.55. The number of halogens is 1. The van der Waals surface area contributed by atoms with Gasteiger partial charge >= 0.3 is 0 Å². The summed E-state index contributed by atoms with van der Waals surface area (Å²) in [5, 5.41) is 4.23. The van der Waals surface area contributed by atoms with Gasteiger partial charge in [0, 0.05) is 16.1 Å². The molecule has 2 aromatic carbocycles. The Morgan fingerprint density at radius 1 is 1.17 bits per heavy atom. The molecular formula is C20H19ClN2O4S2. The Morgan fingerprint density at radius 3 is 2.55 bits per heavy atom. The summed E-state index contributed by atoms with van der Waals surface area (Å²) in [6, 6.07) is 15.7. The van der Waals surface area contributed by atoms with E-state index in [0.29, 0.717) is 27.2 Å². The molecular weight excluding hydrogens is 432 g/mol. The number of thiazole rings is 1. The molecule has 0 saturated carbocycles. The van der Waals surface area contributed by atoms with Gasteiger partial charge in [-0.15, -0.1) is 11.3 Å². The van der Waals surface area contributed by atoms with Gasteiger partial charge in [0.25, 0.3) is 0 Å². The third-order valence-corrected chi connectivity index (χ3v) is 7.19. The van der Waals surface area contributed by atoms with E-state index in [2.05, 4.69) is 10.3 Å². The van der Waals surface area contributed by atoms with Crippen molar-refractivity contribution in [1.29, 1.82) is 0 Å². The third kappa shape index (κ3) is 6.03. The molecule has 0 spiro atoms. The number of carbonyl (C=O) groups excluding carboxylic acids is 1. The van der Waals surface area contributed by atoms with Gasteiger partial charge in [-0.25, -0.2) is 13.4 Å². The second-order valence-electron chi connectivity index (χ2n) is 6.28. The first-order chi connectivity index (χ1) is 13.8. The summed E-state index contributed by atoms with van der Waals surface area (Å²) in [5.74, 6) is -0.205. The number of rotatable bonds is 8. The molecule has 0 aliphatic rings. The van der Waals surface area contributed by atoms with Crippen LogP contribution in [0.25, 0.3) is 0 Å². The number of para-hydroxylation sites is 1. The molecule has 0 aliphatic heterocycles. The van der Waals surface area contributed by atoms with Crippen molar-refractivity contribution in [3.8, 4) is 5.75 Å². The van der Waals surface area contributed by atoms with Crippen LogP contribution in [-0.4, -0.2) is 24.6 Å². The van der Waals surface area contributed by atoms with Gasteiger partial charge in [-0.05, 0) is 43.3 Å². The summed E-state index contributed by atoms with van der Waals surface area (Å²) in [6.07, 6.45) is 0. The van der Waals surface area contributed by atoms with E-state index in [4.69, 9.17) is 16.3 Å². The van der Waals surface area contributed by atoms with Gasteiger partial charge in [0.15, 0.2) is 9.84 Å². The Bertz CT molecular complexity index is 1070. The van der Waals surface area contributed by atoms with Gasteiger partial charge in [0.05, 0.1) is 11.4 Å². The van der Waals surface area contributed by atoms with Crippen molar-refractivity contribution in [3.05, 3.63) is 75.7 Å². The average molecular weight is 451 g/mol. The monoisotopic (exact) mass is 450 g/mol. The Hall–Kier alpha value is -2.42. The quantitative estimate of drug-likeness (QED) is 0.552. The molecule has 0 aliphatic carbocycles. The zero-order valence-corrected chi connectivity index (χ0v) is 17.9. The number of amides is 1. The van der Waals surface area contributed by atoms with Gasteiger partial charge in [-0.1, -0.05) is 29.8 Å². The molecule has 1 atom stereocenters. The van der Waals surface area contributed by atoms with Gasteiger partial charge in [0.1, 0.15) is 22.6 Å². The molecule has 1 heterocycles. The minimum Gasteiger partial charge on any atom is -0.486 e. The Labute approximate surface area is 178 Å². The normalized spacial score (nSPS) is 12.3. The summed E-state index contributed by atoms with van der Waals surface area (Å²) in [6.45, 7) is 1.62. The van der Waals surface area contributed by atoms with E-state index in [1.807, 2.05) is 30.3 Å². The van der Waals surface area contributed by atoms with Crippen molar-refractivity contribution < 1.29 is 17.9 Å². The summed E-state index contributed by atoms with van der Waals surface area (Å²) in [7, 11) is -3.73. The molecule has 0 fully saturated rings. The Balaban J connectivity index is 1.58. The van der Waals surface area contributed by atoms with Crippen LogP contribution in [0.15, 0.2) is 60.0 Å². The van der Waals surface area contributed by atoms with Crippen LogP contribution in [0, 0.1) is 0 Å². The van der Waals surface area contributed by atoms with E-state index in [1.54, 1.807) is 29.6 Å². The van der Waals surface area contributed by atoms with Crippen LogP contribution in [0.4, 0.5) is 5.69 Å². The first-order valence-electron chi connectivity index (χ1n) is 8.72. The second kappa shape index (κ2) is 9.39. The molecule has 152 valence electrons. The highest BCUT2D eigenvalue weighted by atomic mass is 35.5. The van der Waals surface area contributed by atoms with Crippen molar-refractivity contribution in [2.75, 3.05) is 5.32 Å². The first kappa shape index (κ1) is 21.3. The number of hydrogen-bond acceptors (Lipinski definition) is 6. The number of carbonyl (C=O) groups is 1. The molecule has 1 amide bonds. The highest BCUT2D eigenvalue weighted by Crippen LogP contribution is 2.19. The van der Waals surface area contributed by atoms with E-state index in [9.17, 15) is 13.2 Å². The van der Waals surface area contributed by atoms with Crippen molar-refractivity contribution in [2.45, 2.75) is 24.5 Å². The lowest BCUT2D eigenvalue weighted by atomic mass is 10.3. The second-order valence-corrected chi connectivity index (χ2v) is 9.98. The standard InChI is InChI=1S/C20H19ClN2O4S2/c1-14(20(24)23-16-9-7-15(21)8-10-16)29(25,26)13-17-12-28-19(22-17)11-27-18-5-3-2-4-6-18/h2-10,12,14H,11,13H2,1H3,(H,23,24). The number of anilines is 1. The van der Waals surface area contributed by atoms with Crippen LogP contribution in [0.1, 0.15) is 17.6 Å². The fourth-order valence-electron chi connectivity index (χ4n) is 2.41. The predicted octanol–water partition coefficient (Wildman–Crippen LogP) is 4.32. The fraction of sp³-hybridized carbons (Fsp3) is 0.200. The number of benzene rings is 2. The summed E-state index contributed by atoms with van der Waals surface area (Å²) < 4.78 is 30.9. The van der Waals surface area contributed by atoms with Crippen LogP contribution in [0.2, 0.25) is 5.02 Å². The highest BCUT2D eigenvalue weighted by molar-refractivity contribution is 7.92. The lowest BCUT2D eigenvalue weighted by Crippen LogP contribution is -2.33. The van der Waals surface area contributed by atoms with E-state index >= 15 is 0 Å². The van der Waals surface area contributed by atoms with Crippen LogP contribution < -0.4 is 10.1 Å². The zero-order valence-electron chi connectivity index (χ0n) is 15.5. The largest absolute Gasteiger partial charge is 0.486 e. The highest BCUT2D eigenvalue weighted by Gasteiger charge is 2.29. The van der Waals surface area contributed by atoms with Crippen molar-refractivity contribution in [3.63, 3.8) is 0 Å². The first-order valence-corrected chi connectivity index (χ1v) is 11.7. The number of hydrogen-bond donors (Lipinski definition) is 1. The molecule has 9 heteroatoms. The van der Waals surface area contributed by atoms with Gasteiger partial charge in [-0.2, -0.15) is 0 Å². The lowest BCUT2D eigenvalue weighted by molar-refractivity contribution is -0.115. The predicted molar refractivity (Wildman–Crippen MR) is 115 cm³/mol. The summed E-state index contributed by atoms with van der Waals surface area (Å²) in [4.78, 5) is 16.7. The molecule has 3 aromatic rings. The molecule has 6 nitrogen and oxygen atoms in total. The molecule has 1 unspecified atom stereocenters. The maximum absolute atomic E-state index is 12.6. The summed E-state index contributed by atoms with van der Waals surface area (Å²) >= 11 is 7.13. The maximum atomic E-state index is 12.6. The van der Waals surface area contributed by atoms with Gasteiger partial charge < -0.3 is 10.1 Å². The smallest absolute Gasteiger partial charge is 0.242 e. The van der Waals surface area contributed by atoms with Crippen LogP contribution in [0.5, 0.6) is 5.75 Å². The van der Waals surface area contributed by atoms with Gasteiger partial charge in [0.2, 0.25) is 5.91 Å². The van der Waals surface area contributed by atoms with Crippen molar-refractivity contribution in [2.24, 2.45) is 0 Å². The number of sulfone groups is 1. The number of ether oxygens (including phenoxy) is 1. The molecule has 29 heavy (non-hydrogen) atoms. The topological polar surface area (TPSA) is 85.4 Å². The lowest BCUT2D eigenvalue weighted by Gasteiger charge is -2.12. The zero-order chi connectivity index (χ0) is 20.9. The maximum Gasteiger partial charge on any atom is 0.242 e. The molecule has 1 aromatic heterocycles. The minimum absolute atomic E-state index is 0.251. The van der Waals surface area contributed by atoms with E-state index in [-0.39, 0.29) is 12.4 Å². The SMILES string of the molecule is CC(C(=O)Nc1ccc(Cl)cc1)S(=O)(=O)Cc1csc(COc2ccccc2)n1. The summed E-state index contributed by atoms with van der Waals surface area (Å²) in [5.41, 5.74) is 0.878. The van der Waals surface area contributed by atoms with E-state index in [0.717, 1.165) is 0 Å². The van der Waals surface area contributed by atoms with Gasteiger partial charge in [-0.3, -0.25) is 4.79 Å². The van der Waals surface area contributed by atoms with Crippen molar-refractivity contribution in [1.82, 2.24) is 4.98 Å². The van der Waals surface area contributed by atoms with E-state index in [1.165, 1.54) is 18.3 Å². The number of aromatic nitrogens is 1. The average Bonchev–Trinajstić information content (AvgIpc) is 3.15. The van der Waals surface area contributed by atoms with Crippen LogP contribution in [-0.2, 0) is 27.0 Å². The molecule has 3 rings (SSSR count). The molecule has 1 N–H and O–H groups in total. The van der Waals surface area contributed by atoms with Crippen LogP contribution in [0.3, 0.4) is 0 Å². The van der Waals surface area contributed by atoms with Crippen LogP contribution >= 0.6 is 22.9 Å². The minimum atomic E-state index is -3.73. The van der Waals surface area contributed by atoms with Crippen molar-refractivity contribution >= 4 is 44.4 Å². The Kier molecular flexibility index (Phi) is 6.89. The molecule has 0 saturated heterocycles. The molecule has 0 bridgehead atoms.